The number of aromatic hydroxyl groups is 1. The molecule has 0 amide bonds. The average Bonchev–Trinajstić information content (AvgIpc) is 2.95. The molecule has 0 spiro atoms. The lowest BCUT2D eigenvalue weighted by atomic mass is 10.1. The van der Waals surface area contributed by atoms with Gasteiger partial charge in [0.1, 0.15) is 0 Å². The van der Waals surface area contributed by atoms with Crippen LogP contribution in [0.2, 0.25) is 0 Å². The fourth-order valence-electron chi connectivity index (χ4n) is 3.25. The highest BCUT2D eigenvalue weighted by Crippen LogP contribution is 2.37. The molecule has 0 aliphatic carbocycles. The highest BCUT2D eigenvalue weighted by molar-refractivity contribution is 8.00. The van der Waals surface area contributed by atoms with E-state index in [0.717, 1.165) is 10.1 Å². The third-order valence-corrected chi connectivity index (χ3v) is 5.23. The molecule has 2 heterocycles. The summed E-state index contributed by atoms with van der Waals surface area (Å²) in [5.41, 5.74) is 3.32. The molecule has 6 nitrogen and oxygen atoms in total. The number of benzene rings is 2. The van der Waals surface area contributed by atoms with Gasteiger partial charge in [-0.2, -0.15) is 13.2 Å². The van der Waals surface area contributed by atoms with Crippen molar-refractivity contribution < 1.29 is 18.3 Å². The first kappa shape index (κ1) is 19.9. The van der Waals surface area contributed by atoms with Gasteiger partial charge in [-0.05, 0) is 59.8 Å². The molecule has 0 fully saturated rings. The van der Waals surface area contributed by atoms with E-state index in [1.165, 1.54) is 35.0 Å². The van der Waals surface area contributed by atoms with Crippen LogP contribution < -0.4 is 11.4 Å². The maximum atomic E-state index is 12.9. The van der Waals surface area contributed by atoms with Gasteiger partial charge in [0.05, 0.1) is 23.9 Å². The summed E-state index contributed by atoms with van der Waals surface area (Å²) in [5.74, 6) is -0.331. The lowest BCUT2D eigenvalue weighted by Crippen LogP contribution is -2.23. The molecule has 2 aromatic heterocycles. The van der Waals surface area contributed by atoms with Crippen LogP contribution in [0.5, 0.6) is 5.88 Å². The van der Waals surface area contributed by atoms with Crippen molar-refractivity contribution in [3.8, 4) is 11.6 Å². The van der Waals surface area contributed by atoms with Crippen LogP contribution in [-0.2, 0) is 6.54 Å². The number of imidazole rings is 1. The lowest BCUT2D eigenvalue weighted by Gasteiger charge is -2.09. The minimum atomic E-state index is -4.40. The standard InChI is InChI=1S/C20H15F3N4O2S/c21-20(22,23)30-14-6-4-13(5-7-14)27-17(28)11-26(19(27)29)10-12-8-9-25-16-3-1-2-15(24)18(12)16/h1-9,11,28H,10,24H2. The summed E-state index contributed by atoms with van der Waals surface area (Å²) in [6, 6.07) is 12.2. The number of fused-ring (bicyclic) bond motifs is 1. The van der Waals surface area contributed by atoms with E-state index < -0.39 is 11.2 Å². The number of nitrogen functional groups attached to an aromatic ring is 1. The van der Waals surface area contributed by atoms with E-state index in [4.69, 9.17) is 5.73 Å². The number of thioether (sulfide) groups is 1. The van der Waals surface area contributed by atoms with E-state index in [-0.39, 0.29) is 34.8 Å². The Labute approximate surface area is 172 Å². The van der Waals surface area contributed by atoms with E-state index in [1.807, 2.05) is 0 Å². The first-order valence-corrected chi connectivity index (χ1v) is 9.54. The van der Waals surface area contributed by atoms with Gasteiger partial charge in [-0.15, -0.1) is 0 Å². The lowest BCUT2D eigenvalue weighted by molar-refractivity contribution is -0.0328. The fraction of sp³-hybridized carbons (Fsp3) is 0.100. The van der Waals surface area contributed by atoms with Crippen LogP contribution in [0.4, 0.5) is 18.9 Å². The van der Waals surface area contributed by atoms with Crippen LogP contribution in [-0.4, -0.2) is 24.7 Å². The highest BCUT2D eigenvalue weighted by Gasteiger charge is 2.29. The maximum Gasteiger partial charge on any atom is 0.446 e. The third kappa shape index (κ3) is 3.86. The Balaban J connectivity index is 1.70. The number of hydrogen-bond donors (Lipinski definition) is 2. The van der Waals surface area contributed by atoms with Crippen LogP contribution in [0.15, 0.2) is 70.6 Å². The molecule has 0 unspecified atom stereocenters. The Morgan fingerprint density at radius 2 is 1.83 bits per heavy atom. The summed E-state index contributed by atoms with van der Waals surface area (Å²) in [6.07, 6.45) is 2.88. The second-order valence-electron chi connectivity index (χ2n) is 6.49. The zero-order valence-corrected chi connectivity index (χ0v) is 16.1. The molecule has 3 N–H and O–H groups in total. The molecule has 30 heavy (non-hydrogen) atoms. The van der Waals surface area contributed by atoms with E-state index >= 15 is 0 Å². The quantitative estimate of drug-likeness (QED) is 0.374. The average molecular weight is 432 g/mol. The second kappa shape index (κ2) is 7.45. The molecule has 0 atom stereocenters. The minimum absolute atomic E-state index is 0.0167. The SMILES string of the molecule is Nc1cccc2nccc(Cn3cc(O)n(-c4ccc(SC(F)(F)F)cc4)c3=O)c12. The smallest absolute Gasteiger partial charge is 0.446 e. The zero-order chi connectivity index (χ0) is 21.5. The van der Waals surface area contributed by atoms with Crippen LogP contribution in [0.1, 0.15) is 5.56 Å². The van der Waals surface area contributed by atoms with Crippen molar-refractivity contribution in [1.82, 2.24) is 14.1 Å². The van der Waals surface area contributed by atoms with Crippen molar-refractivity contribution in [2.45, 2.75) is 16.9 Å². The van der Waals surface area contributed by atoms with Gasteiger partial charge in [0.2, 0.25) is 5.88 Å². The minimum Gasteiger partial charge on any atom is -0.493 e. The molecule has 4 aromatic rings. The van der Waals surface area contributed by atoms with E-state index in [1.54, 1.807) is 30.5 Å². The normalized spacial score (nSPS) is 11.8. The van der Waals surface area contributed by atoms with Gasteiger partial charge in [0.25, 0.3) is 0 Å². The number of rotatable bonds is 4. The van der Waals surface area contributed by atoms with Crippen molar-refractivity contribution >= 4 is 28.4 Å². The number of alkyl halides is 3. The predicted octanol–water partition coefficient (Wildman–Crippen LogP) is 4.14. The Bertz CT molecular complexity index is 1270. The van der Waals surface area contributed by atoms with Gasteiger partial charge in [-0.25, -0.2) is 9.36 Å². The van der Waals surface area contributed by atoms with Crippen molar-refractivity contribution in [3.05, 3.63) is 77.0 Å². The second-order valence-corrected chi connectivity index (χ2v) is 7.62. The van der Waals surface area contributed by atoms with Crippen molar-refractivity contribution in [2.24, 2.45) is 0 Å². The first-order valence-electron chi connectivity index (χ1n) is 8.72. The molecule has 0 saturated heterocycles. The molecule has 0 aliphatic heterocycles. The highest BCUT2D eigenvalue weighted by atomic mass is 32.2. The number of anilines is 1. The largest absolute Gasteiger partial charge is 0.493 e. The number of halogens is 3. The summed E-state index contributed by atoms with van der Waals surface area (Å²) < 4.78 is 39.8. The van der Waals surface area contributed by atoms with Gasteiger partial charge in [-0.3, -0.25) is 9.55 Å². The van der Waals surface area contributed by atoms with Gasteiger partial charge >= 0.3 is 11.2 Å². The molecule has 2 aromatic carbocycles. The summed E-state index contributed by atoms with van der Waals surface area (Å²) >= 11 is -0.250. The van der Waals surface area contributed by atoms with Crippen molar-refractivity contribution in [2.75, 3.05) is 5.73 Å². The van der Waals surface area contributed by atoms with Crippen LogP contribution >= 0.6 is 11.8 Å². The molecule has 154 valence electrons. The van der Waals surface area contributed by atoms with Crippen LogP contribution in [0, 0.1) is 0 Å². The third-order valence-electron chi connectivity index (χ3n) is 4.49. The molecular weight excluding hydrogens is 417 g/mol. The Kier molecular flexibility index (Phi) is 4.94. The predicted molar refractivity (Wildman–Crippen MR) is 109 cm³/mol. The zero-order valence-electron chi connectivity index (χ0n) is 15.3. The van der Waals surface area contributed by atoms with Gasteiger partial charge < -0.3 is 10.8 Å². The molecule has 0 saturated carbocycles. The molecular formula is C20H15F3N4O2S. The summed E-state index contributed by atoms with van der Waals surface area (Å²) in [4.78, 5) is 17.1. The Morgan fingerprint density at radius 1 is 1.10 bits per heavy atom. The van der Waals surface area contributed by atoms with E-state index in [9.17, 15) is 23.1 Å². The van der Waals surface area contributed by atoms with Gasteiger partial charge in [0.15, 0.2) is 0 Å². The van der Waals surface area contributed by atoms with Crippen molar-refractivity contribution in [1.29, 1.82) is 0 Å². The summed E-state index contributed by atoms with van der Waals surface area (Å²) in [6.45, 7) is 0.134. The summed E-state index contributed by atoms with van der Waals surface area (Å²) in [7, 11) is 0. The number of nitrogens with two attached hydrogens (primary N) is 1. The topological polar surface area (TPSA) is 86.1 Å². The van der Waals surface area contributed by atoms with E-state index in [0.29, 0.717) is 16.6 Å². The van der Waals surface area contributed by atoms with Crippen LogP contribution in [0.25, 0.3) is 16.6 Å². The molecule has 0 aliphatic rings. The van der Waals surface area contributed by atoms with Crippen LogP contribution in [0.3, 0.4) is 0 Å². The molecule has 4 rings (SSSR count). The Morgan fingerprint density at radius 3 is 2.53 bits per heavy atom. The number of hydrogen-bond acceptors (Lipinski definition) is 5. The monoisotopic (exact) mass is 432 g/mol. The van der Waals surface area contributed by atoms with Gasteiger partial charge in [-0.1, -0.05) is 6.07 Å². The maximum absolute atomic E-state index is 12.9. The fourth-order valence-corrected chi connectivity index (χ4v) is 3.79. The first-order chi connectivity index (χ1) is 14.2. The number of nitrogens with zero attached hydrogens (tertiary/aromatic N) is 3. The number of pyridine rings is 1. The molecule has 0 radical (unpaired) electrons. The Hall–Kier alpha value is -3.40. The number of aromatic nitrogens is 3. The van der Waals surface area contributed by atoms with Gasteiger partial charge in [0, 0.05) is 22.2 Å². The van der Waals surface area contributed by atoms with Crippen molar-refractivity contribution in [3.63, 3.8) is 0 Å². The van der Waals surface area contributed by atoms with E-state index in [2.05, 4.69) is 4.98 Å². The molecule has 10 heteroatoms. The molecule has 0 bridgehead atoms. The summed E-state index contributed by atoms with van der Waals surface area (Å²) in [5, 5.41) is 11.0.